The van der Waals surface area contributed by atoms with Gasteiger partial charge in [-0.15, -0.1) is 0 Å². The van der Waals surface area contributed by atoms with Crippen molar-refractivity contribution in [1.82, 2.24) is 9.97 Å². The minimum Gasteiger partial charge on any atom is -0.383 e. The Morgan fingerprint density at radius 2 is 1.82 bits per heavy atom. The molecular formula is C13H16N4. The molecule has 4 nitrogen and oxygen atoms in total. The fourth-order valence-corrected chi connectivity index (χ4v) is 1.55. The molecule has 2 aromatic rings. The van der Waals surface area contributed by atoms with E-state index in [1.54, 1.807) is 0 Å². The molecule has 2 rings (SSSR count). The Morgan fingerprint density at radius 1 is 1.06 bits per heavy atom. The predicted molar refractivity (Wildman–Crippen MR) is 70.4 cm³/mol. The molecule has 1 aromatic carbocycles. The first-order chi connectivity index (χ1) is 8.08. The molecule has 0 unspecified atom stereocenters. The van der Waals surface area contributed by atoms with Gasteiger partial charge in [-0.1, -0.05) is 6.07 Å². The van der Waals surface area contributed by atoms with Crippen molar-refractivity contribution in [2.24, 2.45) is 0 Å². The molecule has 0 atom stereocenters. The zero-order valence-corrected chi connectivity index (χ0v) is 10.3. The van der Waals surface area contributed by atoms with E-state index in [0.29, 0.717) is 5.82 Å². The standard InChI is InChI=1S/C13H16N4/c1-8-4-5-11(6-9(8)2)17-13-10(3)12(14)15-7-16-13/h4-7H,1-3H3,(H3,14,15,16,17). The number of nitrogens with one attached hydrogen (secondary N) is 1. The zero-order chi connectivity index (χ0) is 12.4. The fraction of sp³-hybridized carbons (Fsp3) is 0.231. The predicted octanol–water partition coefficient (Wildman–Crippen LogP) is 2.73. The van der Waals surface area contributed by atoms with Gasteiger partial charge in [-0.05, 0) is 44.0 Å². The van der Waals surface area contributed by atoms with Crippen molar-refractivity contribution >= 4 is 17.3 Å². The van der Waals surface area contributed by atoms with Gasteiger partial charge in [-0.3, -0.25) is 0 Å². The van der Waals surface area contributed by atoms with E-state index in [2.05, 4.69) is 41.3 Å². The van der Waals surface area contributed by atoms with Gasteiger partial charge in [-0.25, -0.2) is 9.97 Å². The molecule has 4 heteroatoms. The second kappa shape index (κ2) is 4.41. The monoisotopic (exact) mass is 228 g/mol. The van der Waals surface area contributed by atoms with Crippen molar-refractivity contribution < 1.29 is 0 Å². The molecule has 17 heavy (non-hydrogen) atoms. The van der Waals surface area contributed by atoms with Gasteiger partial charge in [-0.2, -0.15) is 0 Å². The molecule has 0 aliphatic rings. The summed E-state index contributed by atoms with van der Waals surface area (Å²) >= 11 is 0. The topological polar surface area (TPSA) is 63.8 Å². The van der Waals surface area contributed by atoms with Crippen molar-refractivity contribution in [3.05, 3.63) is 41.2 Å². The van der Waals surface area contributed by atoms with Crippen LogP contribution in [0.4, 0.5) is 17.3 Å². The van der Waals surface area contributed by atoms with E-state index in [-0.39, 0.29) is 0 Å². The molecule has 0 aliphatic heterocycles. The third kappa shape index (κ3) is 2.36. The van der Waals surface area contributed by atoms with Crippen LogP contribution >= 0.6 is 0 Å². The molecule has 0 bridgehead atoms. The molecule has 0 amide bonds. The Balaban J connectivity index is 2.31. The van der Waals surface area contributed by atoms with Gasteiger partial charge < -0.3 is 11.1 Å². The van der Waals surface area contributed by atoms with Crippen molar-refractivity contribution in [3.63, 3.8) is 0 Å². The smallest absolute Gasteiger partial charge is 0.138 e. The van der Waals surface area contributed by atoms with Crippen LogP contribution in [0.15, 0.2) is 24.5 Å². The summed E-state index contributed by atoms with van der Waals surface area (Å²) in [5.41, 5.74) is 10.1. The number of rotatable bonds is 2. The fourth-order valence-electron chi connectivity index (χ4n) is 1.55. The average molecular weight is 228 g/mol. The number of hydrogen-bond acceptors (Lipinski definition) is 4. The second-order valence-corrected chi connectivity index (χ2v) is 4.16. The maximum Gasteiger partial charge on any atom is 0.138 e. The van der Waals surface area contributed by atoms with Crippen LogP contribution in [0, 0.1) is 20.8 Å². The van der Waals surface area contributed by atoms with E-state index in [1.807, 2.05) is 13.0 Å². The highest BCUT2D eigenvalue weighted by Gasteiger charge is 2.04. The third-order valence-corrected chi connectivity index (χ3v) is 2.89. The van der Waals surface area contributed by atoms with Crippen molar-refractivity contribution in [2.45, 2.75) is 20.8 Å². The van der Waals surface area contributed by atoms with Crippen LogP contribution in [-0.2, 0) is 0 Å². The van der Waals surface area contributed by atoms with Gasteiger partial charge in [0, 0.05) is 11.3 Å². The molecule has 3 N–H and O–H groups in total. The molecule has 0 spiro atoms. The molecule has 88 valence electrons. The molecule has 0 fully saturated rings. The van der Waals surface area contributed by atoms with Crippen LogP contribution < -0.4 is 11.1 Å². The number of benzene rings is 1. The lowest BCUT2D eigenvalue weighted by Crippen LogP contribution is -2.02. The highest BCUT2D eigenvalue weighted by molar-refractivity contribution is 5.64. The van der Waals surface area contributed by atoms with Gasteiger partial charge in [0.25, 0.3) is 0 Å². The number of nitrogens with zero attached hydrogens (tertiary/aromatic N) is 2. The normalized spacial score (nSPS) is 10.3. The van der Waals surface area contributed by atoms with Gasteiger partial charge in [0.05, 0.1) is 0 Å². The molecule has 1 heterocycles. The maximum absolute atomic E-state index is 5.74. The number of aromatic nitrogens is 2. The highest BCUT2D eigenvalue weighted by Crippen LogP contribution is 2.22. The van der Waals surface area contributed by atoms with E-state index in [0.717, 1.165) is 17.1 Å². The quantitative estimate of drug-likeness (QED) is 0.829. The van der Waals surface area contributed by atoms with Crippen LogP contribution in [-0.4, -0.2) is 9.97 Å². The van der Waals surface area contributed by atoms with Crippen LogP contribution in [0.1, 0.15) is 16.7 Å². The lowest BCUT2D eigenvalue weighted by Gasteiger charge is -2.10. The Morgan fingerprint density at radius 3 is 2.53 bits per heavy atom. The maximum atomic E-state index is 5.74. The Bertz CT molecular complexity index is 549. The van der Waals surface area contributed by atoms with Gasteiger partial charge in [0.1, 0.15) is 18.0 Å². The number of hydrogen-bond donors (Lipinski definition) is 2. The van der Waals surface area contributed by atoms with Gasteiger partial charge >= 0.3 is 0 Å². The summed E-state index contributed by atoms with van der Waals surface area (Å²) in [6.45, 7) is 6.08. The first kappa shape index (κ1) is 11.4. The molecule has 0 radical (unpaired) electrons. The first-order valence-corrected chi connectivity index (χ1v) is 5.49. The van der Waals surface area contributed by atoms with Gasteiger partial charge in [0.2, 0.25) is 0 Å². The number of nitrogen functional groups attached to an aromatic ring is 1. The SMILES string of the molecule is Cc1ccc(Nc2ncnc(N)c2C)cc1C. The minimum atomic E-state index is 0.506. The molecule has 0 saturated heterocycles. The Labute approximate surface area is 101 Å². The Kier molecular flexibility index (Phi) is 2.95. The lowest BCUT2D eigenvalue weighted by molar-refractivity contribution is 1.14. The summed E-state index contributed by atoms with van der Waals surface area (Å²) in [6, 6.07) is 6.20. The van der Waals surface area contributed by atoms with Crippen molar-refractivity contribution in [2.75, 3.05) is 11.1 Å². The third-order valence-electron chi connectivity index (χ3n) is 2.89. The van der Waals surface area contributed by atoms with Crippen LogP contribution in [0.5, 0.6) is 0 Å². The molecule has 0 saturated carbocycles. The number of nitrogens with two attached hydrogens (primary N) is 1. The Hall–Kier alpha value is -2.10. The summed E-state index contributed by atoms with van der Waals surface area (Å²) in [5, 5.41) is 3.25. The lowest BCUT2D eigenvalue weighted by atomic mass is 10.1. The average Bonchev–Trinajstić information content (AvgIpc) is 2.30. The van der Waals surface area contributed by atoms with E-state index in [9.17, 15) is 0 Å². The van der Waals surface area contributed by atoms with E-state index < -0.39 is 0 Å². The summed E-state index contributed by atoms with van der Waals surface area (Å²) in [6.07, 6.45) is 1.46. The van der Waals surface area contributed by atoms with Crippen molar-refractivity contribution in [3.8, 4) is 0 Å². The summed E-state index contributed by atoms with van der Waals surface area (Å²) in [4.78, 5) is 8.12. The van der Waals surface area contributed by atoms with E-state index in [4.69, 9.17) is 5.73 Å². The van der Waals surface area contributed by atoms with E-state index >= 15 is 0 Å². The second-order valence-electron chi connectivity index (χ2n) is 4.16. The number of aryl methyl sites for hydroxylation is 2. The molecule has 1 aromatic heterocycles. The van der Waals surface area contributed by atoms with E-state index in [1.165, 1.54) is 17.5 Å². The van der Waals surface area contributed by atoms with Crippen LogP contribution in [0.2, 0.25) is 0 Å². The summed E-state index contributed by atoms with van der Waals surface area (Å²) in [7, 11) is 0. The minimum absolute atomic E-state index is 0.506. The van der Waals surface area contributed by atoms with Gasteiger partial charge in [0.15, 0.2) is 0 Å². The largest absolute Gasteiger partial charge is 0.383 e. The number of anilines is 3. The molecule has 0 aliphatic carbocycles. The summed E-state index contributed by atoms with van der Waals surface area (Å²) < 4.78 is 0. The van der Waals surface area contributed by atoms with Crippen LogP contribution in [0.25, 0.3) is 0 Å². The van der Waals surface area contributed by atoms with Crippen molar-refractivity contribution in [1.29, 1.82) is 0 Å². The zero-order valence-electron chi connectivity index (χ0n) is 10.3. The molecular weight excluding hydrogens is 212 g/mol. The highest BCUT2D eigenvalue weighted by atomic mass is 15.0. The summed E-state index contributed by atoms with van der Waals surface area (Å²) in [5.74, 6) is 1.26. The first-order valence-electron chi connectivity index (χ1n) is 5.49. The van der Waals surface area contributed by atoms with Crippen LogP contribution in [0.3, 0.4) is 0 Å².